The van der Waals surface area contributed by atoms with Crippen molar-refractivity contribution in [2.45, 2.75) is 53.0 Å². The zero-order valence-corrected chi connectivity index (χ0v) is 32.8. The molecule has 0 heterocycles. The van der Waals surface area contributed by atoms with E-state index in [1.165, 1.54) is 0 Å². The zero-order chi connectivity index (χ0) is 37.0. The molecular weight excluding hydrogens is 842 g/mol. The van der Waals surface area contributed by atoms with Crippen LogP contribution in [-0.4, -0.2) is 41.4 Å². The van der Waals surface area contributed by atoms with Crippen LogP contribution in [0.1, 0.15) is 41.7 Å². The van der Waals surface area contributed by atoms with E-state index in [1.807, 2.05) is 51.1 Å². The van der Waals surface area contributed by atoms with Crippen molar-refractivity contribution in [3.63, 3.8) is 0 Å². The molecular formula is C36H36Br2Cl3FN2O6. The largest absolute Gasteiger partial charge is 0.487 e. The van der Waals surface area contributed by atoms with Gasteiger partial charge in [-0.25, -0.2) is 9.18 Å². The van der Waals surface area contributed by atoms with Crippen molar-refractivity contribution in [3.8, 4) is 11.5 Å². The Hall–Kier alpha value is -3.22. The summed E-state index contributed by atoms with van der Waals surface area (Å²) < 4.78 is 26.2. The lowest BCUT2D eigenvalue weighted by molar-refractivity contribution is -0.142. The molecule has 0 fully saturated rings. The first-order chi connectivity index (χ1) is 23.7. The molecule has 268 valence electrons. The van der Waals surface area contributed by atoms with Gasteiger partial charge in [0.15, 0.2) is 5.75 Å². The number of carbonyl (C=O) groups is 2. The molecule has 0 saturated carbocycles. The highest BCUT2D eigenvalue weighted by atomic mass is 79.9. The van der Waals surface area contributed by atoms with Crippen LogP contribution >= 0.6 is 66.7 Å². The second kappa shape index (κ2) is 20.0. The van der Waals surface area contributed by atoms with Crippen LogP contribution in [0, 0.1) is 6.92 Å². The van der Waals surface area contributed by atoms with E-state index in [4.69, 9.17) is 54.5 Å². The lowest BCUT2D eigenvalue weighted by Gasteiger charge is -2.14. The Balaban J connectivity index is 0.000000271. The SMILES string of the molecule is CCNc1cc(C)cc(COc2c(Cl)cc(CC(=O)O)cc2Cl)c1.CCNc1cc(Cl)cc(COc2c(Br)cc(CC(F)C(=O)O)cc2Br)c1. The normalized spacial score (nSPS) is 11.2. The lowest BCUT2D eigenvalue weighted by atomic mass is 10.1. The molecule has 4 rings (SSSR count). The first-order valence-electron chi connectivity index (χ1n) is 15.4. The number of ether oxygens (including phenoxy) is 2. The van der Waals surface area contributed by atoms with Gasteiger partial charge >= 0.3 is 11.9 Å². The number of hydrogen-bond acceptors (Lipinski definition) is 6. The highest BCUT2D eigenvalue weighted by Crippen LogP contribution is 2.37. The second-order valence-electron chi connectivity index (χ2n) is 11.1. The summed E-state index contributed by atoms with van der Waals surface area (Å²) in [6.07, 6.45) is -2.30. The number of halogens is 6. The molecule has 0 aliphatic carbocycles. The van der Waals surface area contributed by atoms with Crippen LogP contribution in [0.4, 0.5) is 15.8 Å². The summed E-state index contributed by atoms with van der Waals surface area (Å²) >= 11 is 25.3. The van der Waals surface area contributed by atoms with Crippen molar-refractivity contribution in [1.29, 1.82) is 0 Å². The van der Waals surface area contributed by atoms with Crippen LogP contribution in [0.3, 0.4) is 0 Å². The third-order valence-corrected chi connectivity index (χ3v) is 8.74. The van der Waals surface area contributed by atoms with Crippen molar-refractivity contribution in [2.24, 2.45) is 0 Å². The van der Waals surface area contributed by atoms with Gasteiger partial charge in [0.05, 0.1) is 25.4 Å². The van der Waals surface area contributed by atoms with Crippen LogP contribution in [0.15, 0.2) is 69.6 Å². The molecule has 4 N–H and O–H groups in total. The Morgan fingerprint density at radius 1 is 0.740 bits per heavy atom. The van der Waals surface area contributed by atoms with Gasteiger partial charge < -0.3 is 30.3 Å². The molecule has 0 aromatic heterocycles. The minimum absolute atomic E-state index is 0.135. The number of carboxylic acid groups (broad SMARTS) is 2. The molecule has 0 amide bonds. The predicted molar refractivity (Wildman–Crippen MR) is 206 cm³/mol. The monoisotopic (exact) mass is 874 g/mol. The molecule has 0 bridgehead atoms. The Kier molecular flexibility index (Phi) is 16.5. The number of alkyl halides is 1. The van der Waals surface area contributed by atoms with Gasteiger partial charge in [0.25, 0.3) is 0 Å². The van der Waals surface area contributed by atoms with E-state index < -0.39 is 18.1 Å². The number of aliphatic carboxylic acids is 2. The highest BCUT2D eigenvalue weighted by molar-refractivity contribution is 9.11. The van der Waals surface area contributed by atoms with Gasteiger partial charge in [0, 0.05) is 35.9 Å². The Morgan fingerprint density at radius 2 is 1.26 bits per heavy atom. The number of benzene rings is 4. The number of carboxylic acids is 2. The van der Waals surface area contributed by atoms with Gasteiger partial charge in [-0.15, -0.1) is 0 Å². The van der Waals surface area contributed by atoms with E-state index in [0.717, 1.165) is 41.2 Å². The predicted octanol–water partition coefficient (Wildman–Crippen LogP) is 10.8. The van der Waals surface area contributed by atoms with Gasteiger partial charge in [-0.2, -0.15) is 0 Å². The fraction of sp³-hybridized carbons (Fsp3) is 0.278. The zero-order valence-electron chi connectivity index (χ0n) is 27.4. The first kappa shape index (κ1) is 41.2. The highest BCUT2D eigenvalue weighted by Gasteiger charge is 2.19. The summed E-state index contributed by atoms with van der Waals surface area (Å²) in [6, 6.07) is 18.1. The van der Waals surface area contributed by atoms with Gasteiger partial charge in [0.1, 0.15) is 19.0 Å². The fourth-order valence-electron chi connectivity index (χ4n) is 4.79. The summed E-state index contributed by atoms with van der Waals surface area (Å²) in [6.45, 7) is 8.28. The standard InChI is InChI=1S/C18H17Br2ClFNO3.C18H19Cl2NO3/c1-2-23-13-4-11(3-12(21)8-13)9-26-17-14(19)5-10(6-15(17)20)7-16(22)18(24)25;1-3-21-14-5-11(2)4-13(6-14)10-24-18-15(19)7-12(8-16(18)20)9-17(22)23/h3-6,8,16,23H,2,7,9H2,1H3,(H,24,25);4-8,21H,3,9-10H2,1-2H3,(H,22,23). The van der Waals surface area contributed by atoms with E-state index in [-0.39, 0.29) is 19.4 Å². The van der Waals surface area contributed by atoms with Crippen LogP contribution in [0.5, 0.6) is 11.5 Å². The maximum absolute atomic E-state index is 13.4. The number of aryl methyl sites for hydroxylation is 1. The van der Waals surface area contributed by atoms with E-state index in [2.05, 4.69) is 48.6 Å². The average molecular weight is 878 g/mol. The topological polar surface area (TPSA) is 117 Å². The van der Waals surface area contributed by atoms with Crippen LogP contribution in [-0.2, 0) is 35.6 Å². The second-order valence-corrected chi connectivity index (χ2v) is 14.0. The minimum atomic E-state index is -1.95. The van der Waals surface area contributed by atoms with Gasteiger partial charge in [0.2, 0.25) is 6.17 Å². The summed E-state index contributed by atoms with van der Waals surface area (Å²) in [4.78, 5) is 21.4. The Labute approximate surface area is 322 Å². The molecule has 4 aromatic carbocycles. The van der Waals surface area contributed by atoms with Crippen molar-refractivity contribution < 1.29 is 33.7 Å². The van der Waals surface area contributed by atoms with Gasteiger partial charge in [-0.3, -0.25) is 4.79 Å². The molecule has 0 radical (unpaired) electrons. The third kappa shape index (κ3) is 13.2. The number of nitrogens with one attached hydrogen (secondary N) is 2. The average Bonchev–Trinajstić information content (AvgIpc) is 3.00. The summed E-state index contributed by atoms with van der Waals surface area (Å²) in [5.41, 5.74) is 6.04. The summed E-state index contributed by atoms with van der Waals surface area (Å²) in [5.74, 6) is -1.51. The lowest BCUT2D eigenvalue weighted by Crippen LogP contribution is -2.17. The number of hydrogen-bond donors (Lipinski definition) is 4. The molecule has 50 heavy (non-hydrogen) atoms. The summed E-state index contributed by atoms with van der Waals surface area (Å²) in [7, 11) is 0. The van der Waals surface area contributed by atoms with Gasteiger partial charge in [-0.05, 0) is 135 Å². The van der Waals surface area contributed by atoms with Crippen LogP contribution < -0.4 is 20.1 Å². The van der Waals surface area contributed by atoms with E-state index in [0.29, 0.717) is 53.2 Å². The number of anilines is 2. The smallest absolute Gasteiger partial charge is 0.338 e. The van der Waals surface area contributed by atoms with Crippen molar-refractivity contribution in [1.82, 2.24) is 0 Å². The molecule has 4 aromatic rings. The molecule has 0 saturated heterocycles. The molecule has 1 atom stereocenters. The Morgan fingerprint density at radius 3 is 1.78 bits per heavy atom. The Bertz CT molecular complexity index is 1770. The molecule has 14 heteroatoms. The van der Waals surface area contributed by atoms with Crippen LogP contribution in [0.25, 0.3) is 0 Å². The van der Waals surface area contributed by atoms with Crippen molar-refractivity contribution >= 4 is 90.0 Å². The number of rotatable bonds is 15. The van der Waals surface area contributed by atoms with Crippen molar-refractivity contribution in [2.75, 3.05) is 23.7 Å². The molecule has 0 aliphatic heterocycles. The molecule has 1 unspecified atom stereocenters. The van der Waals surface area contributed by atoms with Gasteiger partial charge in [-0.1, -0.05) is 40.9 Å². The molecule has 0 aliphatic rings. The maximum atomic E-state index is 13.4. The van der Waals surface area contributed by atoms with Crippen LogP contribution in [0.2, 0.25) is 15.1 Å². The quantitative estimate of drug-likeness (QED) is 0.0933. The van der Waals surface area contributed by atoms with E-state index >= 15 is 0 Å². The fourth-order valence-corrected chi connectivity index (χ4v) is 7.20. The summed E-state index contributed by atoms with van der Waals surface area (Å²) in [5, 5.41) is 25.2. The molecule has 0 spiro atoms. The maximum Gasteiger partial charge on any atom is 0.338 e. The van der Waals surface area contributed by atoms with Crippen molar-refractivity contribution in [3.05, 3.63) is 112 Å². The minimum Gasteiger partial charge on any atom is -0.487 e. The third-order valence-electron chi connectivity index (χ3n) is 6.78. The van der Waals surface area contributed by atoms with E-state index in [9.17, 15) is 14.0 Å². The van der Waals surface area contributed by atoms with E-state index in [1.54, 1.807) is 24.3 Å². The first-order valence-corrected chi connectivity index (χ1v) is 18.1. The molecule has 8 nitrogen and oxygen atoms in total.